The monoisotopic (exact) mass is 636 g/mol. The molecule has 1 aromatic carbocycles. The zero-order valence-electron chi connectivity index (χ0n) is 24.5. The number of unbranched alkanes of at least 4 members (excludes halogenated alkanes) is 3. The van der Waals surface area contributed by atoms with Crippen molar-refractivity contribution < 1.29 is 18.4 Å². The Bertz CT molecular complexity index is 952. The van der Waals surface area contributed by atoms with E-state index in [1.807, 2.05) is 43.9 Å². The van der Waals surface area contributed by atoms with Crippen LogP contribution in [0.2, 0.25) is 17.2 Å². The maximum absolute atomic E-state index is 14.1. The van der Waals surface area contributed by atoms with Crippen LogP contribution >= 0.6 is 0 Å². The molecule has 1 aliphatic heterocycles. The van der Waals surface area contributed by atoms with E-state index in [9.17, 15) is 9.18 Å². The fraction of sp³-hybridized carbons (Fsp3) is 0.677. The number of aromatic nitrogens is 1. The van der Waals surface area contributed by atoms with E-state index < -0.39 is 24.0 Å². The van der Waals surface area contributed by atoms with Crippen molar-refractivity contribution in [3.8, 4) is 0 Å². The van der Waals surface area contributed by atoms with Crippen LogP contribution in [0.15, 0.2) is 41.1 Å². The van der Waals surface area contributed by atoms with Crippen molar-refractivity contribution in [3.05, 3.63) is 53.7 Å². The zero-order valence-corrected chi connectivity index (χ0v) is 27.3. The van der Waals surface area contributed by atoms with Gasteiger partial charge in [-0.15, -0.1) is 0 Å². The van der Waals surface area contributed by atoms with Crippen molar-refractivity contribution in [3.63, 3.8) is 0 Å². The summed E-state index contributed by atoms with van der Waals surface area (Å²) in [6, 6.07) is 8.57. The van der Waals surface area contributed by atoms with Gasteiger partial charge in [0, 0.05) is 0 Å². The summed E-state index contributed by atoms with van der Waals surface area (Å²) in [5.41, 5.74) is 0.495. The van der Waals surface area contributed by atoms with Gasteiger partial charge in [0.2, 0.25) is 0 Å². The Kier molecular flexibility index (Phi) is 11.6. The molecule has 0 spiro atoms. The summed E-state index contributed by atoms with van der Waals surface area (Å²) in [6.07, 6.45) is 9.77. The summed E-state index contributed by atoms with van der Waals surface area (Å²) >= 11 is -2.82. The standard InChI is InChI=1S/C19H22FN2O3.3C4H9.Sn/c1-19(2,3)24-18(23)22-12-4-5-15(13-6-8-14(20)9-7-13)17(22)16-10-11-21-25-16;3*1-3-4-2;/h5-11,15,17H,4,12H2,1-3H3;3*1,3-4H2,2H3;. The summed E-state index contributed by atoms with van der Waals surface area (Å²) in [5.74, 6) is 0.488. The van der Waals surface area contributed by atoms with Crippen LogP contribution in [0.1, 0.15) is 110 Å². The first-order chi connectivity index (χ1) is 18.2. The first-order valence-electron chi connectivity index (χ1n) is 14.8. The average molecular weight is 635 g/mol. The Morgan fingerprint density at radius 3 is 2.08 bits per heavy atom. The number of carbonyl (C=O) groups is 1. The van der Waals surface area contributed by atoms with Crippen LogP contribution in [-0.4, -0.2) is 46.7 Å². The predicted molar refractivity (Wildman–Crippen MR) is 155 cm³/mol. The van der Waals surface area contributed by atoms with E-state index in [1.54, 1.807) is 18.3 Å². The molecule has 1 fully saturated rings. The zero-order chi connectivity index (χ0) is 27.8. The van der Waals surface area contributed by atoms with Gasteiger partial charge in [-0.2, -0.15) is 0 Å². The Hall–Kier alpha value is -1.57. The van der Waals surface area contributed by atoms with Gasteiger partial charge >= 0.3 is 234 Å². The second-order valence-electron chi connectivity index (χ2n) is 12.2. The van der Waals surface area contributed by atoms with E-state index in [1.165, 1.54) is 51.8 Å². The number of amides is 1. The van der Waals surface area contributed by atoms with Crippen LogP contribution in [0.4, 0.5) is 9.18 Å². The molecular weight excluding hydrogens is 586 g/mol. The number of piperidine rings is 1. The van der Waals surface area contributed by atoms with Gasteiger partial charge in [0.25, 0.3) is 0 Å². The van der Waals surface area contributed by atoms with Gasteiger partial charge in [0.15, 0.2) is 0 Å². The average Bonchev–Trinajstić information content (AvgIpc) is 3.42. The van der Waals surface area contributed by atoms with E-state index in [4.69, 9.17) is 9.26 Å². The van der Waals surface area contributed by atoms with E-state index in [2.05, 4.69) is 25.9 Å². The normalized spacial score (nSPS) is 20.5. The Morgan fingerprint density at radius 2 is 1.61 bits per heavy atom. The topological polar surface area (TPSA) is 55.6 Å². The van der Waals surface area contributed by atoms with E-state index in [-0.39, 0.29) is 23.9 Å². The van der Waals surface area contributed by atoms with Crippen LogP contribution in [0.25, 0.3) is 0 Å². The number of nitrogens with zero attached hydrogens (tertiary/aromatic N) is 2. The van der Waals surface area contributed by atoms with Crippen molar-refractivity contribution in [2.45, 2.75) is 121 Å². The quantitative estimate of drug-likeness (QED) is 0.218. The van der Waals surface area contributed by atoms with Gasteiger partial charge in [-0.3, -0.25) is 0 Å². The molecule has 0 bridgehead atoms. The summed E-state index contributed by atoms with van der Waals surface area (Å²) in [6.45, 7) is 13.3. The van der Waals surface area contributed by atoms with Crippen LogP contribution < -0.4 is 0 Å². The summed E-state index contributed by atoms with van der Waals surface area (Å²) in [4.78, 5) is 15.5. The number of benzene rings is 1. The molecule has 0 aliphatic carbocycles. The molecule has 5 nitrogen and oxygen atoms in total. The molecule has 0 N–H and O–H groups in total. The number of hydrogen-bond donors (Lipinski definition) is 0. The van der Waals surface area contributed by atoms with Gasteiger partial charge in [-0.05, 0) is 0 Å². The van der Waals surface area contributed by atoms with Crippen molar-refractivity contribution in [2.75, 3.05) is 6.54 Å². The fourth-order valence-corrected chi connectivity index (χ4v) is 26.3. The minimum atomic E-state index is -2.82. The third-order valence-corrected chi connectivity index (χ3v) is 26.2. The Balaban J connectivity index is 2.19. The molecule has 1 amide bonds. The van der Waals surface area contributed by atoms with Crippen LogP contribution in [0.5, 0.6) is 0 Å². The van der Waals surface area contributed by atoms with Gasteiger partial charge < -0.3 is 0 Å². The maximum atomic E-state index is 14.1. The second-order valence-corrected chi connectivity index (χ2v) is 26.4. The molecule has 0 saturated carbocycles. The third kappa shape index (κ3) is 7.76. The molecule has 3 atom stereocenters. The van der Waals surface area contributed by atoms with Crippen LogP contribution in [0, 0.1) is 5.82 Å². The molecular formula is C31H49FN2O3Sn. The number of likely N-dealkylation sites (tertiary alicyclic amines) is 1. The van der Waals surface area contributed by atoms with Crippen molar-refractivity contribution >= 4 is 24.5 Å². The number of carbonyl (C=O) groups excluding carboxylic acids is 1. The summed E-state index contributed by atoms with van der Waals surface area (Å²) in [5, 5.41) is 4.05. The predicted octanol–water partition coefficient (Wildman–Crippen LogP) is 9.50. The molecule has 1 aliphatic rings. The summed E-state index contributed by atoms with van der Waals surface area (Å²) < 4.78 is 30.5. The third-order valence-electron chi connectivity index (χ3n) is 8.29. The van der Waals surface area contributed by atoms with E-state index in [0.29, 0.717) is 16.2 Å². The number of halogens is 1. The molecule has 7 heteroatoms. The molecule has 212 valence electrons. The number of hydrogen-bond acceptors (Lipinski definition) is 4. The molecule has 38 heavy (non-hydrogen) atoms. The van der Waals surface area contributed by atoms with Crippen LogP contribution in [-0.2, 0) is 4.74 Å². The number of ether oxygens (including phenoxy) is 1. The number of rotatable bonds is 12. The first kappa shape index (κ1) is 31.0. The minimum absolute atomic E-state index is 0.0335. The molecule has 0 radical (unpaired) electrons. The van der Waals surface area contributed by atoms with Crippen molar-refractivity contribution in [1.82, 2.24) is 10.1 Å². The van der Waals surface area contributed by atoms with Gasteiger partial charge in [-0.1, -0.05) is 0 Å². The molecule has 3 rings (SSSR count). The van der Waals surface area contributed by atoms with Crippen LogP contribution in [0.3, 0.4) is 0 Å². The molecule has 2 heterocycles. The van der Waals surface area contributed by atoms with Crippen molar-refractivity contribution in [2.24, 2.45) is 0 Å². The summed E-state index contributed by atoms with van der Waals surface area (Å²) in [7, 11) is 0. The van der Waals surface area contributed by atoms with Gasteiger partial charge in [-0.25, -0.2) is 0 Å². The second kappa shape index (κ2) is 14.2. The molecule has 3 unspecified atom stereocenters. The molecule has 1 aromatic heterocycles. The van der Waals surface area contributed by atoms with E-state index >= 15 is 0 Å². The Labute approximate surface area is 233 Å². The Morgan fingerprint density at radius 1 is 1.03 bits per heavy atom. The van der Waals surface area contributed by atoms with E-state index in [0.717, 1.165) is 12.0 Å². The fourth-order valence-electron chi connectivity index (χ4n) is 6.55. The van der Waals surface area contributed by atoms with Gasteiger partial charge in [0.1, 0.15) is 0 Å². The molecule has 2 aromatic rings. The van der Waals surface area contributed by atoms with Crippen molar-refractivity contribution in [1.29, 1.82) is 0 Å². The first-order valence-corrected chi connectivity index (χ1v) is 22.5. The van der Waals surface area contributed by atoms with Gasteiger partial charge in [0.05, 0.1) is 0 Å². The SMILES string of the molecule is CCC[CH2][Sn]([CH2]CCC)([CH2]CCC)[CH]1CCN(C(=O)OC(C)(C)C)C(c2ccno2)C1c1ccc(F)cc1. The molecule has 1 saturated heterocycles.